The first kappa shape index (κ1) is 13.9. The third-order valence-electron chi connectivity index (χ3n) is 3.38. The van der Waals surface area contributed by atoms with Crippen LogP contribution in [0, 0.1) is 11.8 Å². The highest BCUT2D eigenvalue weighted by Crippen LogP contribution is 2.24. The molecule has 2 N–H and O–H groups in total. The van der Waals surface area contributed by atoms with Crippen molar-refractivity contribution in [3.8, 4) is 0 Å². The molecule has 0 heterocycles. The zero-order chi connectivity index (χ0) is 11.1. The Bertz CT molecular complexity index is 136. The van der Waals surface area contributed by atoms with E-state index < -0.39 is 12.2 Å². The van der Waals surface area contributed by atoms with Crippen LogP contribution in [0.2, 0.25) is 0 Å². The summed E-state index contributed by atoms with van der Waals surface area (Å²) in [6, 6.07) is 0. The van der Waals surface area contributed by atoms with Crippen LogP contribution in [0.15, 0.2) is 0 Å². The van der Waals surface area contributed by atoms with Crippen LogP contribution in [0.4, 0.5) is 0 Å². The van der Waals surface area contributed by atoms with Crippen molar-refractivity contribution in [3.63, 3.8) is 0 Å². The summed E-state index contributed by atoms with van der Waals surface area (Å²) >= 11 is 0. The largest absolute Gasteiger partial charge is 0.390 e. The smallest absolute Gasteiger partial charge is 0.0801 e. The molecule has 0 rings (SSSR count). The van der Waals surface area contributed by atoms with Crippen molar-refractivity contribution in [2.24, 2.45) is 11.8 Å². The molecule has 4 atom stereocenters. The van der Waals surface area contributed by atoms with Crippen LogP contribution in [-0.4, -0.2) is 22.4 Å². The summed E-state index contributed by atoms with van der Waals surface area (Å²) in [5, 5.41) is 19.2. The molecule has 2 heteroatoms. The summed E-state index contributed by atoms with van der Waals surface area (Å²) < 4.78 is 0. The van der Waals surface area contributed by atoms with E-state index >= 15 is 0 Å². The second-order valence-electron chi connectivity index (χ2n) is 4.33. The molecule has 0 aliphatic heterocycles. The minimum Gasteiger partial charge on any atom is -0.390 e. The Labute approximate surface area is 88.3 Å². The fourth-order valence-electron chi connectivity index (χ4n) is 1.87. The summed E-state index contributed by atoms with van der Waals surface area (Å²) in [5.41, 5.74) is 0. The summed E-state index contributed by atoms with van der Waals surface area (Å²) in [6.07, 6.45) is 2.52. The van der Waals surface area contributed by atoms with Crippen molar-refractivity contribution in [3.05, 3.63) is 0 Å². The molecule has 0 spiro atoms. The van der Waals surface area contributed by atoms with E-state index in [1.165, 1.54) is 0 Å². The molecule has 0 aromatic rings. The van der Waals surface area contributed by atoms with E-state index in [1.54, 1.807) is 0 Å². The van der Waals surface area contributed by atoms with Crippen molar-refractivity contribution in [2.75, 3.05) is 0 Å². The van der Waals surface area contributed by atoms with E-state index in [1.807, 2.05) is 6.92 Å². The van der Waals surface area contributed by atoms with Gasteiger partial charge in [0.2, 0.25) is 0 Å². The standard InChI is InChI=1S/C12H26O2/c1-5-9(4)10(6-2)8-12(14)11(13)7-3/h9-14H,5-8H2,1-4H3. The molecule has 0 fully saturated rings. The van der Waals surface area contributed by atoms with Crippen LogP contribution >= 0.6 is 0 Å². The van der Waals surface area contributed by atoms with Crippen LogP contribution in [-0.2, 0) is 0 Å². The first-order valence-electron chi connectivity index (χ1n) is 5.92. The summed E-state index contributed by atoms with van der Waals surface area (Å²) in [4.78, 5) is 0. The Kier molecular flexibility index (Phi) is 7.20. The quantitative estimate of drug-likeness (QED) is 0.666. The number of hydrogen-bond donors (Lipinski definition) is 2. The molecule has 0 aromatic heterocycles. The maximum Gasteiger partial charge on any atom is 0.0801 e. The van der Waals surface area contributed by atoms with Crippen molar-refractivity contribution in [1.82, 2.24) is 0 Å². The Morgan fingerprint density at radius 3 is 1.79 bits per heavy atom. The fourth-order valence-corrected chi connectivity index (χ4v) is 1.87. The molecule has 0 aliphatic carbocycles. The Hall–Kier alpha value is -0.0800. The average Bonchev–Trinajstić information content (AvgIpc) is 2.22. The van der Waals surface area contributed by atoms with E-state index in [9.17, 15) is 10.2 Å². The van der Waals surface area contributed by atoms with Gasteiger partial charge in [0.1, 0.15) is 0 Å². The van der Waals surface area contributed by atoms with Gasteiger partial charge >= 0.3 is 0 Å². The van der Waals surface area contributed by atoms with Crippen LogP contribution in [0.25, 0.3) is 0 Å². The van der Waals surface area contributed by atoms with E-state index in [2.05, 4.69) is 20.8 Å². The number of hydrogen-bond acceptors (Lipinski definition) is 2. The molecule has 2 nitrogen and oxygen atoms in total. The maximum atomic E-state index is 9.71. The van der Waals surface area contributed by atoms with E-state index in [-0.39, 0.29) is 0 Å². The first-order valence-corrected chi connectivity index (χ1v) is 5.92. The topological polar surface area (TPSA) is 40.5 Å². The van der Waals surface area contributed by atoms with Crippen molar-refractivity contribution in [2.45, 2.75) is 65.6 Å². The second kappa shape index (κ2) is 7.24. The van der Waals surface area contributed by atoms with E-state index in [4.69, 9.17) is 0 Å². The average molecular weight is 202 g/mol. The second-order valence-corrected chi connectivity index (χ2v) is 4.33. The molecule has 0 saturated carbocycles. The lowest BCUT2D eigenvalue weighted by Crippen LogP contribution is -2.29. The van der Waals surface area contributed by atoms with Gasteiger partial charge in [0, 0.05) is 0 Å². The zero-order valence-corrected chi connectivity index (χ0v) is 10.0. The minimum atomic E-state index is -0.548. The lowest BCUT2D eigenvalue weighted by molar-refractivity contribution is -0.00219. The minimum absolute atomic E-state index is 0.538. The molecule has 0 aliphatic rings. The van der Waals surface area contributed by atoms with Crippen molar-refractivity contribution < 1.29 is 10.2 Å². The highest BCUT2D eigenvalue weighted by atomic mass is 16.3. The number of aliphatic hydroxyl groups excluding tert-OH is 2. The van der Waals surface area contributed by atoms with Gasteiger partial charge in [-0.05, 0) is 24.7 Å². The molecule has 0 saturated heterocycles. The normalized spacial score (nSPS) is 20.1. The van der Waals surface area contributed by atoms with Gasteiger partial charge in [0.05, 0.1) is 12.2 Å². The van der Waals surface area contributed by atoms with Crippen LogP contribution in [0.3, 0.4) is 0 Å². The van der Waals surface area contributed by atoms with Gasteiger partial charge in [0.15, 0.2) is 0 Å². The molecule has 4 unspecified atom stereocenters. The molecule has 14 heavy (non-hydrogen) atoms. The zero-order valence-electron chi connectivity index (χ0n) is 10.0. The molecule has 0 radical (unpaired) electrons. The highest BCUT2D eigenvalue weighted by Gasteiger charge is 2.21. The molecule has 0 aromatic carbocycles. The Balaban J connectivity index is 4.03. The lowest BCUT2D eigenvalue weighted by atomic mass is 9.84. The molecule has 86 valence electrons. The van der Waals surface area contributed by atoms with Gasteiger partial charge in [-0.3, -0.25) is 0 Å². The maximum absolute atomic E-state index is 9.71. The summed E-state index contributed by atoms with van der Waals surface area (Å²) in [7, 11) is 0. The van der Waals surface area contributed by atoms with E-state index in [0.717, 1.165) is 19.3 Å². The predicted molar refractivity (Wildman–Crippen MR) is 60.2 cm³/mol. The monoisotopic (exact) mass is 202 g/mol. The van der Waals surface area contributed by atoms with Crippen LogP contribution in [0.5, 0.6) is 0 Å². The van der Waals surface area contributed by atoms with Gasteiger partial charge in [0.25, 0.3) is 0 Å². The Morgan fingerprint density at radius 1 is 0.857 bits per heavy atom. The van der Waals surface area contributed by atoms with E-state index in [0.29, 0.717) is 18.3 Å². The number of aliphatic hydroxyl groups is 2. The first-order chi connectivity index (χ1) is 6.56. The molecular weight excluding hydrogens is 176 g/mol. The third-order valence-corrected chi connectivity index (χ3v) is 3.38. The van der Waals surface area contributed by atoms with Gasteiger partial charge in [-0.2, -0.15) is 0 Å². The molecular formula is C12H26O2. The number of rotatable bonds is 7. The van der Waals surface area contributed by atoms with Gasteiger partial charge in [-0.25, -0.2) is 0 Å². The van der Waals surface area contributed by atoms with Gasteiger partial charge < -0.3 is 10.2 Å². The lowest BCUT2D eigenvalue weighted by Gasteiger charge is -2.26. The third kappa shape index (κ3) is 4.43. The Morgan fingerprint density at radius 2 is 1.43 bits per heavy atom. The summed E-state index contributed by atoms with van der Waals surface area (Å²) in [6.45, 7) is 8.45. The van der Waals surface area contributed by atoms with Gasteiger partial charge in [-0.15, -0.1) is 0 Å². The van der Waals surface area contributed by atoms with Crippen molar-refractivity contribution >= 4 is 0 Å². The fraction of sp³-hybridized carbons (Fsp3) is 1.00. The SMILES string of the molecule is CCC(C)C(CC)CC(O)C(O)CC. The van der Waals surface area contributed by atoms with Crippen LogP contribution in [0.1, 0.15) is 53.4 Å². The molecule has 0 bridgehead atoms. The molecule has 0 amide bonds. The highest BCUT2D eigenvalue weighted by molar-refractivity contribution is 4.73. The van der Waals surface area contributed by atoms with Gasteiger partial charge in [-0.1, -0.05) is 40.5 Å². The predicted octanol–water partition coefficient (Wildman–Crippen LogP) is 2.58. The van der Waals surface area contributed by atoms with Crippen molar-refractivity contribution in [1.29, 1.82) is 0 Å². The van der Waals surface area contributed by atoms with Crippen LogP contribution < -0.4 is 0 Å². The summed E-state index contributed by atoms with van der Waals surface area (Å²) in [5.74, 6) is 1.18.